The maximum Gasteiger partial charge on any atom is 0.0291 e. The van der Waals surface area contributed by atoms with Crippen molar-refractivity contribution in [1.82, 2.24) is 5.43 Å². The fraction of sp³-hybridized carbons (Fsp3) is 0.217. The van der Waals surface area contributed by atoms with Crippen LogP contribution < -0.4 is 11.3 Å². The summed E-state index contributed by atoms with van der Waals surface area (Å²) < 4.78 is 0. The predicted octanol–water partition coefficient (Wildman–Crippen LogP) is 5.05. The van der Waals surface area contributed by atoms with Crippen LogP contribution in [-0.4, -0.2) is 6.04 Å². The number of aryl methyl sites for hydroxylation is 2. The molecule has 25 heavy (non-hydrogen) atoms. The van der Waals surface area contributed by atoms with E-state index in [1.54, 1.807) is 6.08 Å². The lowest BCUT2D eigenvalue weighted by molar-refractivity contribution is 0.524. The minimum absolute atomic E-state index is 0.205. The van der Waals surface area contributed by atoms with E-state index in [0.717, 1.165) is 18.4 Å². The van der Waals surface area contributed by atoms with Gasteiger partial charge < -0.3 is 0 Å². The van der Waals surface area contributed by atoms with E-state index >= 15 is 0 Å². The average Bonchev–Trinajstić information content (AvgIpc) is 2.62. The van der Waals surface area contributed by atoms with Crippen LogP contribution in [0.1, 0.15) is 23.1 Å². The summed E-state index contributed by atoms with van der Waals surface area (Å²) in [7, 11) is 0. The van der Waals surface area contributed by atoms with E-state index in [2.05, 4.69) is 68.8 Å². The molecule has 0 spiro atoms. The molecule has 1 unspecified atom stereocenters. The second kappa shape index (κ2) is 12.0. The van der Waals surface area contributed by atoms with Crippen molar-refractivity contribution in [3.8, 4) is 0 Å². The number of hydrazine groups is 1. The van der Waals surface area contributed by atoms with Crippen LogP contribution in [0.15, 0.2) is 91.6 Å². The number of hydrogen-bond donors (Lipinski definition) is 2. The summed E-state index contributed by atoms with van der Waals surface area (Å²) in [5.74, 6) is 5.62. The Balaban J connectivity index is 0.000000370. The second-order valence-electron chi connectivity index (χ2n) is 6.10. The van der Waals surface area contributed by atoms with E-state index in [0.29, 0.717) is 0 Å². The number of benzene rings is 2. The standard InChI is InChI=1S/C16H22N2.C7H8/c1-4-7-14(5-2)11-16(18-17)12-15-9-6-8-13(3)10-15;1-7-5-3-2-4-6-7/h4-10,16,18H,1-2,11-12,17H2,3H3;2-6H,1H3/b14-7+;. The lowest BCUT2D eigenvalue weighted by Crippen LogP contribution is -2.37. The molecule has 0 aliphatic carbocycles. The molecule has 0 fully saturated rings. The Kier molecular flexibility index (Phi) is 9.91. The summed E-state index contributed by atoms with van der Waals surface area (Å²) in [5, 5.41) is 0. The van der Waals surface area contributed by atoms with Crippen molar-refractivity contribution in [2.24, 2.45) is 5.84 Å². The Morgan fingerprint density at radius 1 is 1.04 bits per heavy atom. The van der Waals surface area contributed by atoms with Gasteiger partial charge in [0, 0.05) is 6.04 Å². The Hall–Kier alpha value is -2.42. The van der Waals surface area contributed by atoms with Gasteiger partial charge in [0.2, 0.25) is 0 Å². The van der Waals surface area contributed by atoms with Gasteiger partial charge in [0.1, 0.15) is 0 Å². The summed E-state index contributed by atoms with van der Waals surface area (Å²) in [4.78, 5) is 0. The van der Waals surface area contributed by atoms with Gasteiger partial charge in [0.25, 0.3) is 0 Å². The maximum atomic E-state index is 5.62. The number of hydrogen-bond acceptors (Lipinski definition) is 2. The van der Waals surface area contributed by atoms with Crippen LogP contribution in [0.5, 0.6) is 0 Å². The van der Waals surface area contributed by atoms with Gasteiger partial charge >= 0.3 is 0 Å². The zero-order valence-electron chi connectivity index (χ0n) is 15.4. The molecule has 0 aliphatic heterocycles. The van der Waals surface area contributed by atoms with Gasteiger partial charge in [0.15, 0.2) is 0 Å². The summed E-state index contributed by atoms with van der Waals surface area (Å²) in [6.45, 7) is 11.7. The largest absolute Gasteiger partial charge is 0.271 e. The monoisotopic (exact) mass is 334 g/mol. The Morgan fingerprint density at radius 3 is 2.20 bits per heavy atom. The van der Waals surface area contributed by atoms with E-state index in [-0.39, 0.29) is 6.04 Å². The maximum absolute atomic E-state index is 5.62. The van der Waals surface area contributed by atoms with Crippen LogP contribution in [0, 0.1) is 13.8 Å². The highest BCUT2D eigenvalue weighted by Gasteiger charge is 2.09. The zero-order valence-corrected chi connectivity index (χ0v) is 15.4. The van der Waals surface area contributed by atoms with Crippen molar-refractivity contribution in [3.63, 3.8) is 0 Å². The number of rotatable bonds is 7. The third-order valence-electron chi connectivity index (χ3n) is 3.82. The molecular formula is C23H30N2. The Morgan fingerprint density at radius 2 is 1.72 bits per heavy atom. The molecule has 132 valence electrons. The molecule has 2 aromatic carbocycles. The summed E-state index contributed by atoms with van der Waals surface area (Å²) >= 11 is 0. The second-order valence-corrected chi connectivity index (χ2v) is 6.10. The number of allylic oxidation sites excluding steroid dienone is 3. The normalized spacial score (nSPS) is 11.9. The van der Waals surface area contributed by atoms with Gasteiger partial charge in [-0.25, -0.2) is 0 Å². The molecular weight excluding hydrogens is 304 g/mol. The summed E-state index contributed by atoms with van der Waals surface area (Å²) in [6, 6.07) is 19.0. The molecule has 0 aromatic heterocycles. The minimum Gasteiger partial charge on any atom is -0.271 e. The highest BCUT2D eigenvalue weighted by Crippen LogP contribution is 2.13. The Bertz CT molecular complexity index is 672. The van der Waals surface area contributed by atoms with Gasteiger partial charge in [-0.3, -0.25) is 11.3 Å². The molecule has 0 bridgehead atoms. The average molecular weight is 335 g/mol. The minimum atomic E-state index is 0.205. The van der Waals surface area contributed by atoms with E-state index in [4.69, 9.17) is 5.84 Å². The lowest BCUT2D eigenvalue weighted by atomic mass is 9.98. The first kappa shape index (κ1) is 20.6. The molecule has 3 N–H and O–H groups in total. The molecule has 0 heterocycles. The van der Waals surface area contributed by atoms with E-state index in [9.17, 15) is 0 Å². The molecule has 0 saturated carbocycles. The molecule has 0 amide bonds. The quantitative estimate of drug-likeness (QED) is 0.422. The molecule has 2 rings (SSSR count). The van der Waals surface area contributed by atoms with Gasteiger partial charge in [-0.05, 0) is 37.8 Å². The van der Waals surface area contributed by atoms with Crippen LogP contribution >= 0.6 is 0 Å². The molecule has 0 saturated heterocycles. The SMILES string of the molecule is C=C/C=C(\C=C)CC(Cc1cccc(C)c1)NN.Cc1ccccc1. The lowest BCUT2D eigenvalue weighted by Gasteiger charge is -2.16. The van der Waals surface area contributed by atoms with E-state index in [1.807, 2.05) is 30.4 Å². The third kappa shape index (κ3) is 8.85. The molecule has 0 aliphatic rings. The van der Waals surface area contributed by atoms with Crippen molar-refractivity contribution in [1.29, 1.82) is 0 Å². The van der Waals surface area contributed by atoms with Crippen molar-refractivity contribution >= 4 is 0 Å². The van der Waals surface area contributed by atoms with Crippen LogP contribution in [0.25, 0.3) is 0 Å². The Labute approximate surface area is 152 Å². The smallest absolute Gasteiger partial charge is 0.0291 e. The highest BCUT2D eigenvalue weighted by molar-refractivity contribution is 5.25. The van der Waals surface area contributed by atoms with Gasteiger partial charge in [-0.1, -0.05) is 97.1 Å². The zero-order chi connectivity index (χ0) is 18.5. The summed E-state index contributed by atoms with van der Waals surface area (Å²) in [6.07, 6.45) is 7.34. The topological polar surface area (TPSA) is 38.0 Å². The van der Waals surface area contributed by atoms with E-state index < -0.39 is 0 Å². The van der Waals surface area contributed by atoms with Gasteiger partial charge in [0.05, 0.1) is 0 Å². The van der Waals surface area contributed by atoms with Crippen molar-refractivity contribution in [2.45, 2.75) is 32.7 Å². The van der Waals surface area contributed by atoms with Crippen molar-refractivity contribution in [2.75, 3.05) is 0 Å². The predicted molar refractivity (Wildman–Crippen MR) is 110 cm³/mol. The molecule has 0 radical (unpaired) electrons. The van der Waals surface area contributed by atoms with E-state index in [1.165, 1.54) is 16.7 Å². The molecule has 2 nitrogen and oxygen atoms in total. The molecule has 1 atom stereocenters. The first-order valence-electron chi connectivity index (χ1n) is 8.56. The van der Waals surface area contributed by atoms with Crippen molar-refractivity contribution in [3.05, 3.63) is 108 Å². The molecule has 2 aromatic rings. The highest BCUT2D eigenvalue weighted by atomic mass is 15.2. The van der Waals surface area contributed by atoms with Crippen LogP contribution in [0.2, 0.25) is 0 Å². The summed E-state index contributed by atoms with van der Waals surface area (Å²) in [5.41, 5.74) is 7.90. The van der Waals surface area contributed by atoms with Crippen LogP contribution in [0.3, 0.4) is 0 Å². The first-order chi connectivity index (χ1) is 12.1. The van der Waals surface area contributed by atoms with Crippen LogP contribution in [-0.2, 0) is 6.42 Å². The van der Waals surface area contributed by atoms with Crippen LogP contribution in [0.4, 0.5) is 0 Å². The number of nitrogens with one attached hydrogen (secondary N) is 1. The fourth-order valence-corrected chi connectivity index (χ4v) is 2.50. The first-order valence-corrected chi connectivity index (χ1v) is 8.56. The number of nitrogens with two attached hydrogens (primary N) is 1. The van der Waals surface area contributed by atoms with Crippen molar-refractivity contribution < 1.29 is 0 Å². The third-order valence-corrected chi connectivity index (χ3v) is 3.82. The molecule has 2 heteroatoms. The van der Waals surface area contributed by atoms with Gasteiger partial charge in [-0.15, -0.1) is 0 Å². The van der Waals surface area contributed by atoms with Gasteiger partial charge in [-0.2, -0.15) is 0 Å². The fourth-order valence-electron chi connectivity index (χ4n) is 2.50.